The lowest BCUT2D eigenvalue weighted by atomic mass is 10.2. The summed E-state index contributed by atoms with van der Waals surface area (Å²) < 4.78 is 41.1. The molecule has 2 aromatic carbocycles. The van der Waals surface area contributed by atoms with Crippen LogP contribution >= 0.6 is 11.6 Å². The van der Waals surface area contributed by atoms with Crippen LogP contribution in [0.4, 0.5) is 19.1 Å². The van der Waals surface area contributed by atoms with E-state index in [2.05, 4.69) is 4.98 Å². The molecule has 0 saturated carbocycles. The third-order valence-corrected chi connectivity index (χ3v) is 3.43. The number of imidazole rings is 1. The first-order chi connectivity index (χ1) is 9.95. The van der Waals surface area contributed by atoms with E-state index in [0.717, 1.165) is 12.1 Å². The van der Waals surface area contributed by atoms with Crippen LogP contribution in [0.15, 0.2) is 30.3 Å². The number of nitrogens with zero attached hydrogens (tertiary/aromatic N) is 2. The molecule has 2 N–H and O–H groups in total. The average Bonchev–Trinajstić information content (AvgIpc) is 2.71. The lowest BCUT2D eigenvalue weighted by Gasteiger charge is -2.07. The maximum atomic E-state index is 13.4. The van der Waals surface area contributed by atoms with Gasteiger partial charge in [-0.1, -0.05) is 17.7 Å². The van der Waals surface area contributed by atoms with Crippen molar-refractivity contribution in [1.29, 1.82) is 0 Å². The number of benzene rings is 2. The van der Waals surface area contributed by atoms with Crippen molar-refractivity contribution in [3.8, 4) is 0 Å². The van der Waals surface area contributed by atoms with Crippen LogP contribution in [0.25, 0.3) is 11.0 Å². The van der Waals surface area contributed by atoms with Crippen molar-refractivity contribution < 1.29 is 13.2 Å². The second-order valence-corrected chi connectivity index (χ2v) is 4.97. The number of hydrogen-bond donors (Lipinski definition) is 1. The summed E-state index contributed by atoms with van der Waals surface area (Å²) in [5.41, 5.74) is 7.15. The molecular weight excluding hydrogens is 303 g/mol. The molecule has 0 unspecified atom stereocenters. The smallest absolute Gasteiger partial charge is 0.201 e. The summed E-state index contributed by atoms with van der Waals surface area (Å²) in [6.07, 6.45) is 0. The van der Waals surface area contributed by atoms with Gasteiger partial charge in [0.15, 0.2) is 11.6 Å². The molecule has 3 nitrogen and oxygen atoms in total. The van der Waals surface area contributed by atoms with Crippen molar-refractivity contribution in [1.82, 2.24) is 9.55 Å². The Bertz CT molecular complexity index is 845. The molecule has 3 aromatic rings. The Kier molecular flexibility index (Phi) is 3.25. The molecule has 108 valence electrons. The highest BCUT2D eigenvalue weighted by Crippen LogP contribution is 2.25. The summed E-state index contributed by atoms with van der Waals surface area (Å²) in [5, 5.41) is -0.0612. The van der Waals surface area contributed by atoms with Gasteiger partial charge in [-0.15, -0.1) is 0 Å². The number of nitrogen functional groups attached to an aromatic ring is 1. The van der Waals surface area contributed by atoms with E-state index in [-0.39, 0.29) is 17.5 Å². The van der Waals surface area contributed by atoms with Crippen molar-refractivity contribution >= 4 is 28.6 Å². The second-order valence-electron chi connectivity index (χ2n) is 4.56. The topological polar surface area (TPSA) is 43.8 Å². The van der Waals surface area contributed by atoms with Gasteiger partial charge in [-0.25, -0.2) is 18.2 Å². The van der Waals surface area contributed by atoms with Crippen LogP contribution in [-0.2, 0) is 6.54 Å². The van der Waals surface area contributed by atoms with Gasteiger partial charge in [0.25, 0.3) is 0 Å². The number of aromatic nitrogens is 2. The summed E-state index contributed by atoms with van der Waals surface area (Å²) in [6.45, 7) is 0.168. The minimum Gasteiger partial charge on any atom is -0.369 e. The van der Waals surface area contributed by atoms with Gasteiger partial charge in [0.2, 0.25) is 5.95 Å². The van der Waals surface area contributed by atoms with Crippen molar-refractivity contribution in [3.63, 3.8) is 0 Å². The molecule has 0 bridgehead atoms. The second kappa shape index (κ2) is 4.96. The van der Waals surface area contributed by atoms with Crippen molar-refractivity contribution in [2.24, 2.45) is 0 Å². The van der Waals surface area contributed by atoms with Gasteiger partial charge >= 0.3 is 0 Å². The Balaban J connectivity index is 2.09. The number of halogens is 4. The molecule has 1 aromatic heterocycles. The first-order valence-electron chi connectivity index (χ1n) is 6.00. The molecule has 0 saturated heterocycles. The minimum absolute atomic E-state index is 0.0612. The van der Waals surface area contributed by atoms with Crippen molar-refractivity contribution in [2.75, 3.05) is 5.73 Å². The molecule has 1 heterocycles. The van der Waals surface area contributed by atoms with Crippen LogP contribution in [0.2, 0.25) is 5.02 Å². The lowest BCUT2D eigenvalue weighted by Crippen LogP contribution is -2.05. The molecule has 3 rings (SSSR count). The van der Waals surface area contributed by atoms with E-state index in [1.165, 1.54) is 18.2 Å². The molecule has 0 radical (unpaired) electrons. The Morgan fingerprint density at radius 3 is 2.52 bits per heavy atom. The van der Waals surface area contributed by atoms with E-state index in [0.29, 0.717) is 16.6 Å². The first kappa shape index (κ1) is 13.8. The van der Waals surface area contributed by atoms with Gasteiger partial charge in [0, 0.05) is 6.07 Å². The van der Waals surface area contributed by atoms with Gasteiger partial charge < -0.3 is 10.3 Å². The van der Waals surface area contributed by atoms with E-state index < -0.39 is 17.5 Å². The normalized spacial score (nSPS) is 11.2. The predicted molar refractivity (Wildman–Crippen MR) is 74.6 cm³/mol. The zero-order chi connectivity index (χ0) is 15.1. The highest BCUT2D eigenvalue weighted by molar-refractivity contribution is 6.31. The lowest BCUT2D eigenvalue weighted by molar-refractivity contribution is 0.506. The first-order valence-corrected chi connectivity index (χ1v) is 6.38. The fourth-order valence-corrected chi connectivity index (χ4v) is 2.28. The van der Waals surface area contributed by atoms with Gasteiger partial charge in [-0.2, -0.15) is 0 Å². The summed E-state index contributed by atoms with van der Waals surface area (Å²) in [5.74, 6) is -2.33. The Labute approximate surface area is 122 Å². The van der Waals surface area contributed by atoms with Crippen LogP contribution in [-0.4, -0.2) is 9.55 Å². The predicted octanol–water partition coefficient (Wildman–Crippen LogP) is 3.74. The molecule has 0 aliphatic heterocycles. The van der Waals surface area contributed by atoms with Crippen LogP contribution in [0.3, 0.4) is 0 Å². The molecular formula is C14H9ClF3N3. The summed E-state index contributed by atoms with van der Waals surface area (Å²) >= 11 is 5.75. The number of rotatable bonds is 2. The monoisotopic (exact) mass is 311 g/mol. The van der Waals surface area contributed by atoms with E-state index in [9.17, 15) is 13.2 Å². The SMILES string of the molecule is Nc1nc2cc(F)c(Cl)cc2n1Cc1ccc(F)c(F)c1. The van der Waals surface area contributed by atoms with E-state index >= 15 is 0 Å². The Hall–Kier alpha value is -2.21. The molecule has 7 heteroatoms. The molecule has 0 aliphatic rings. The summed E-state index contributed by atoms with van der Waals surface area (Å²) in [7, 11) is 0. The van der Waals surface area contributed by atoms with E-state index in [1.807, 2.05) is 0 Å². The quantitative estimate of drug-likeness (QED) is 0.783. The van der Waals surface area contributed by atoms with Crippen LogP contribution < -0.4 is 5.73 Å². The molecule has 0 atom stereocenters. The van der Waals surface area contributed by atoms with Gasteiger partial charge in [0.1, 0.15) is 5.82 Å². The molecule has 0 amide bonds. The molecule has 21 heavy (non-hydrogen) atoms. The number of nitrogens with two attached hydrogens (primary N) is 1. The number of fused-ring (bicyclic) bond motifs is 1. The average molecular weight is 312 g/mol. The van der Waals surface area contributed by atoms with Gasteiger partial charge in [0.05, 0.1) is 22.6 Å². The summed E-state index contributed by atoms with van der Waals surface area (Å²) in [4.78, 5) is 4.03. The van der Waals surface area contributed by atoms with Crippen LogP contribution in [0.5, 0.6) is 0 Å². The maximum Gasteiger partial charge on any atom is 0.201 e. The third kappa shape index (κ3) is 2.42. The number of hydrogen-bond acceptors (Lipinski definition) is 2. The zero-order valence-corrected chi connectivity index (χ0v) is 11.3. The third-order valence-electron chi connectivity index (χ3n) is 3.14. The van der Waals surface area contributed by atoms with Crippen molar-refractivity contribution in [3.05, 3.63) is 58.4 Å². The van der Waals surface area contributed by atoms with Gasteiger partial charge in [-0.05, 0) is 23.8 Å². The van der Waals surface area contributed by atoms with Crippen molar-refractivity contribution in [2.45, 2.75) is 6.54 Å². The van der Waals surface area contributed by atoms with Gasteiger partial charge in [-0.3, -0.25) is 0 Å². The fourth-order valence-electron chi connectivity index (χ4n) is 2.13. The molecule has 0 aliphatic carbocycles. The maximum absolute atomic E-state index is 13.4. The standard InChI is InChI=1S/C14H9ClF3N3/c15-8-4-13-12(5-10(8)17)20-14(19)21(13)6-7-1-2-9(16)11(18)3-7/h1-5H,6H2,(H2,19,20). The van der Waals surface area contributed by atoms with E-state index in [1.54, 1.807) is 4.57 Å². The largest absolute Gasteiger partial charge is 0.369 e. The number of anilines is 1. The highest BCUT2D eigenvalue weighted by atomic mass is 35.5. The van der Waals surface area contributed by atoms with Crippen LogP contribution in [0, 0.1) is 17.5 Å². The fraction of sp³-hybridized carbons (Fsp3) is 0.0714. The van der Waals surface area contributed by atoms with Crippen LogP contribution in [0.1, 0.15) is 5.56 Å². The van der Waals surface area contributed by atoms with E-state index in [4.69, 9.17) is 17.3 Å². The Morgan fingerprint density at radius 1 is 1.05 bits per heavy atom. The summed E-state index contributed by atoms with van der Waals surface area (Å²) in [6, 6.07) is 6.12. The zero-order valence-electron chi connectivity index (χ0n) is 10.6. The Morgan fingerprint density at radius 2 is 1.81 bits per heavy atom. The minimum atomic E-state index is -0.945. The highest BCUT2D eigenvalue weighted by Gasteiger charge is 2.13. The molecule has 0 fully saturated rings. The molecule has 0 spiro atoms.